The summed E-state index contributed by atoms with van der Waals surface area (Å²) in [6.45, 7) is 8.28. The standard InChI is InChI=1S/C17H26N2O2/c1-4-9-18-16-11-21-10-15(16)17(20)19-13(3)14-8-6-5-7-12(14)2/h5-8,13,15-16,18H,4,9-11H2,1-3H3,(H,19,20). The highest BCUT2D eigenvalue weighted by atomic mass is 16.5. The van der Waals surface area contributed by atoms with Gasteiger partial charge in [0.2, 0.25) is 5.91 Å². The zero-order valence-corrected chi connectivity index (χ0v) is 13.2. The lowest BCUT2D eigenvalue weighted by atomic mass is 9.99. The van der Waals surface area contributed by atoms with E-state index in [4.69, 9.17) is 4.74 Å². The van der Waals surface area contributed by atoms with E-state index in [1.54, 1.807) is 0 Å². The number of ether oxygens (including phenoxy) is 1. The van der Waals surface area contributed by atoms with Crippen LogP contribution in [0.1, 0.15) is 37.4 Å². The van der Waals surface area contributed by atoms with E-state index in [9.17, 15) is 4.79 Å². The van der Waals surface area contributed by atoms with Crippen LogP contribution < -0.4 is 10.6 Å². The Bertz CT molecular complexity index is 476. The van der Waals surface area contributed by atoms with E-state index >= 15 is 0 Å². The van der Waals surface area contributed by atoms with Crippen LogP contribution in [0.3, 0.4) is 0 Å². The molecule has 0 aromatic heterocycles. The second-order valence-corrected chi connectivity index (χ2v) is 5.79. The van der Waals surface area contributed by atoms with Crippen LogP contribution in [0.2, 0.25) is 0 Å². The summed E-state index contributed by atoms with van der Waals surface area (Å²) in [7, 11) is 0. The molecule has 0 spiro atoms. The third-order valence-electron chi connectivity index (χ3n) is 4.09. The molecular formula is C17H26N2O2. The van der Waals surface area contributed by atoms with Gasteiger partial charge in [-0.3, -0.25) is 4.79 Å². The maximum atomic E-state index is 12.5. The molecule has 21 heavy (non-hydrogen) atoms. The molecule has 4 nitrogen and oxygen atoms in total. The Morgan fingerprint density at radius 3 is 2.86 bits per heavy atom. The summed E-state index contributed by atoms with van der Waals surface area (Å²) in [5.74, 6) is -0.0140. The third-order valence-corrected chi connectivity index (χ3v) is 4.09. The summed E-state index contributed by atoms with van der Waals surface area (Å²) < 4.78 is 5.48. The summed E-state index contributed by atoms with van der Waals surface area (Å²) in [4.78, 5) is 12.5. The maximum absolute atomic E-state index is 12.5. The van der Waals surface area contributed by atoms with Crippen molar-refractivity contribution in [3.8, 4) is 0 Å². The van der Waals surface area contributed by atoms with Gasteiger partial charge in [-0.15, -0.1) is 0 Å². The Labute approximate surface area is 127 Å². The van der Waals surface area contributed by atoms with Gasteiger partial charge < -0.3 is 15.4 Å². The lowest BCUT2D eigenvalue weighted by Gasteiger charge is -2.22. The molecule has 1 aromatic rings. The first kappa shape index (κ1) is 16.0. The van der Waals surface area contributed by atoms with E-state index in [0.717, 1.165) is 13.0 Å². The Hall–Kier alpha value is -1.39. The summed E-state index contributed by atoms with van der Waals surface area (Å²) in [5.41, 5.74) is 2.37. The number of amides is 1. The van der Waals surface area contributed by atoms with Crippen LogP contribution in [-0.2, 0) is 9.53 Å². The van der Waals surface area contributed by atoms with Gasteiger partial charge in [0.15, 0.2) is 0 Å². The molecule has 1 fully saturated rings. The molecule has 0 aliphatic carbocycles. The molecule has 3 unspecified atom stereocenters. The molecule has 1 aliphatic rings. The number of rotatable bonds is 6. The number of carbonyl (C=O) groups excluding carboxylic acids is 1. The van der Waals surface area contributed by atoms with E-state index in [2.05, 4.69) is 36.6 Å². The van der Waals surface area contributed by atoms with Crippen LogP contribution in [0, 0.1) is 12.8 Å². The fourth-order valence-corrected chi connectivity index (χ4v) is 2.81. The van der Waals surface area contributed by atoms with Crippen molar-refractivity contribution >= 4 is 5.91 Å². The van der Waals surface area contributed by atoms with Crippen molar-refractivity contribution in [2.75, 3.05) is 19.8 Å². The lowest BCUT2D eigenvalue weighted by Crippen LogP contribution is -2.44. The van der Waals surface area contributed by atoms with Crippen molar-refractivity contribution in [3.05, 3.63) is 35.4 Å². The smallest absolute Gasteiger partial charge is 0.227 e. The zero-order valence-electron chi connectivity index (χ0n) is 13.2. The van der Waals surface area contributed by atoms with E-state index in [-0.39, 0.29) is 23.9 Å². The lowest BCUT2D eigenvalue weighted by molar-refractivity contribution is -0.126. The van der Waals surface area contributed by atoms with E-state index in [1.165, 1.54) is 11.1 Å². The van der Waals surface area contributed by atoms with Crippen LogP contribution in [0.5, 0.6) is 0 Å². The molecular weight excluding hydrogens is 264 g/mol. The summed E-state index contributed by atoms with van der Waals surface area (Å²) in [6.07, 6.45) is 1.06. The van der Waals surface area contributed by atoms with Gasteiger partial charge in [0.05, 0.1) is 25.2 Å². The molecule has 1 saturated heterocycles. The predicted octanol–water partition coefficient (Wildman–Crippen LogP) is 2.19. The van der Waals surface area contributed by atoms with Gasteiger partial charge in [-0.1, -0.05) is 31.2 Å². The second-order valence-electron chi connectivity index (χ2n) is 5.79. The molecule has 1 aliphatic heterocycles. The van der Waals surface area contributed by atoms with Crippen molar-refractivity contribution in [2.45, 2.75) is 39.3 Å². The molecule has 116 valence electrons. The molecule has 4 heteroatoms. The van der Waals surface area contributed by atoms with E-state index in [0.29, 0.717) is 13.2 Å². The van der Waals surface area contributed by atoms with Crippen molar-refractivity contribution in [1.82, 2.24) is 10.6 Å². The Kier molecular flexibility index (Phi) is 5.76. The summed E-state index contributed by atoms with van der Waals surface area (Å²) in [6, 6.07) is 8.32. The summed E-state index contributed by atoms with van der Waals surface area (Å²) in [5, 5.41) is 6.53. The van der Waals surface area contributed by atoms with Crippen molar-refractivity contribution in [2.24, 2.45) is 5.92 Å². The van der Waals surface area contributed by atoms with Crippen molar-refractivity contribution in [1.29, 1.82) is 0 Å². The molecule has 2 N–H and O–H groups in total. The topological polar surface area (TPSA) is 50.4 Å². The van der Waals surface area contributed by atoms with Gasteiger partial charge in [-0.2, -0.15) is 0 Å². The van der Waals surface area contributed by atoms with Crippen molar-refractivity contribution < 1.29 is 9.53 Å². The highest BCUT2D eigenvalue weighted by molar-refractivity contribution is 5.80. The maximum Gasteiger partial charge on any atom is 0.227 e. The molecule has 3 atom stereocenters. The van der Waals surface area contributed by atoms with Crippen LogP contribution in [0.25, 0.3) is 0 Å². The monoisotopic (exact) mass is 290 g/mol. The number of nitrogens with one attached hydrogen (secondary N) is 2. The number of carbonyl (C=O) groups is 1. The van der Waals surface area contributed by atoms with Gasteiger partial charge >= 0.3 is 0 Å². The molecule has 0 radical (unpaired) electrons. The van der Waals surface area contributed by atoms with Gasteiger partial charge in [0.1, 0.15) is 0 Å². The second kappa shape index (κ2) is 7.57. The summed E-state index contributed by atoms with van der Waals surface area (Å²) >= 11 is 0. The van der Waals surface area contributed by atoms with Crippen molar-refractivity contribution in [3.63, 3.8) is 0 Å². The van der Waals surface area contributed by atoms with Crippen LogP contribution in [0.15, 0.2) is 24.3 Å². The van der Waals surface area contributed by atoms with Crippen LogP contribution >= 0.6 is 0 Å². The predicted molar refractivity (Wildman–Crippen MR) is 84.1 cm³/mol. The number of hydrogen-bond donors (Lipinski definition) is 2. The van der Waals surface area contributed by atoms with E-state index < -0.39 is 0 Å². The van der Waals surface area contributed by atoms with Crippen LogP contribution in [-0.4, -0.2) is 31.7 Å². The molecule has 0 bridgehead atoms. The Balaban J connectivity index is 1.96. The molecule has 2 rings (SSSR count). The first-order valence-electron chi connectivity index (χ1n) is 7.80. The fourth-order valence-electron chi connectivity index (χ4n) is 2.81. The Morgan fingerprint density at radius 1 is 1.38 bits per heavy atom. The third kappa shape index (κ3) is 4.05. The fraction of sp³-hybridized carbons (Fsp3) is 0.588. The average molecular weight is 290 g/mol. The quantitative estimate of drug-likeness (QED) is 0.844. The zero-order chi connectivity index (χ0) is 15.2. The SMILES string of the molecule is CCCNC1COCC1C(=O)NC(C)c1ccccc1C. The van der Waals surface area contributed by atoms with Gasteiger partial charge in [-0.05, 0) is 37.9 Å². The normalized spacial score (nSPS) is 23.0. The minimum Gasteiger partial charge on any atom is -0.379 e. The van der Waals surface area contributed by atoms with Gasteiger partial charge in [0.25, 0.3) is 0 Å². The van der Waals surface area contributed by atoms with Crippen LogP contribution in [0.4, 0.5) is 0 Å². The first-order chi connectivity index (χ1) is 10.1. The highest BCUT2D eigenvalue weighted by Gasteiger charge is 2.34. The minimum atomic E-state index is -0.0944. The van der Waals surface area contributed by atoms with Gasteiger partial charge in [0, 0.05) is 6.04 Å². The number of benzene rings is 1. The first-order valence-corrected chi connectivity index (χ1v) is 7.80. The number of aryl methyl sites for hydroxylation is 1. The molecule has 1 aromatic carbocycles. The largest absolute Gasteiger partial charge is 0.379 e. The Morgan fingerprint density at radius 2 is 2.14 bits per heavy atom. The minimum absolute atomic E-state index is 0.0196. The molecule has 1 amide bonds. The number of hydrogen-bond acceptors (Lipinski definition) is 3. The highest BCUT2D eigenvalue weighted by Crippen LogP contribution is 2.19. The van der Waals surface area contributed by atoms with E-state index in [1.807, 2.05) is 19.1 Å². The van der Waals surface area contributed by atoms with Gasteiger partial charge in [-0.25, -0.2) is 0 Å². The average Bonchev–Trinajstić information content (AvgIpc) is 2.93. The molecule has 1 heterocycles. The molecule has 0 saturated carbocycles.